The summed E-state index contributed by atoms with van der Waals surface area (Å²) < 4.78 is 0. The first-order valence-electron chi connectivity index (χ1n) is 9.61. The third kappa shape index (κ3) is 5.79. The molecule has 162 valence electrons. The van der Waals surface area contributed by atoms with E-state index < -0.39 is 11.9 Å². The summed E-state index contributed by atoms with van der Waals surface area (Å²) in [5, 5.41) is 25.3. The zero-order valence-corrected chi connectivity index (χ0v) is 17.6. The predicted octanol–water partition coefficient (Wildman–Crippen LogP) is 2.59. The van der Waals surface area contributed by atoms with Crippen molar-refractivity contribution in [1.82, 2.24) is 5.32 Å². The molecule has 31 heavy (non-hydrogen) atoms. The lowest BCUT2D eigenvalue weighted by Crippen LogP contribution is -2.28. The molecule has 8 nitrogen and oxygen atoms in total. The summed E-state index contributed by atoms with van der Waals surface area (Å²) >= 11 is 0. The van der Waals surface area contributed by atoms with Gasteiger partial charge in [0.2, 0.25) is 0 Å². The molecule has 0 saturated heterocycles. The summed E-state index contributed by atoms with van der Waals surface area (Å²) in [7, 11) is 0. The Bertz CT molecular complexity index is 1050. The molecule has 0 spiro atoms. The minimum Gasteiger partial charge on any atom is -0.507 e. The SMILES string of the molecule is CCC(=O)/C(=C\C(=N/N)c1cc(C)c(O)c(C)c1)C(=O)NCc1ccc(C(=O)O)cc1. The van der Waals surface area contributed by atoms with Gasteiger partial charge in [-0.1, -0.05) is 19.1 Å². The maximum Gasteiger partial charge on any atom is 0.335 e. The smallest absolute Gasteiger partial charge is 0.335 e. The summed E-state index contributed by atoms with van der Waals surface area (Å²) in [4.78, 5) is 36.1. The van der Waals surface area contributed by atoms with Crippen LogP contribution in [0.25, 0.3) is 0 Å². The Kier molecular flexibility index (Phi) is 7.68. The highest BCUT2D eigenvalue weighted by Gasteiger charge is 2.19. The van der Waals surface area contributed by atoms with Gasteiger partial charge in [-0.2, -0.15) is 5.10 Å². The number of nitrogens with one attached hydrogen (secondary N) is 1. The number of carboxylic acid groups (broad SMARTS) is 1. The highest BCUT2D eigenvalue weighted by atomic mass is 16.4. The first-order chi connectivity index (χ1) is 14.7. The maximum atomic E-state index is 12.7. The van der Waals surface area contributed by atoms with E-state index >= 15 is 0 Å². The van der Waals surface area contributed by atoms with Gasteiger partial charge >= 0.3 is 5.97 Å². The third-order valence-electron chi connectivity index (χ3n) is 4.73. The number of hydrogen-bond donors (Lipinski definition) is 4. The van der Waals surface area contributed by atoms with Crippen molar-refractivity contribution in [1.29, 1.82) is 0 Å². The van der Waals surface area contributed by atoms with Crippen LogP contribution in [-0.2, 0) is 16.1 Å². The summed E-state index contributed by atoms with van der Waals surface area (Å²) in [5.41, 5.74) is 2.73. The topological polar surface area (TPSA) is 142 Å². The Morgan fingerprint density at radius 2 is 1.65 bits per heavy atom. The Hall–Kier alpha value is -3.94. The van der Waals surface area contributed by atoms with Gasteiger partial charge in [0.1, 0.15) is 5.75 Å². The second kappa shape index (κ2) is 10.2. The number of carbonyl (C=O) groups excluding carboxylic acids is 2. The van der Waals surface area contributed by atoms with Crippen LogP contribution in [-0.4, -0.2) is 33.6 Å². The highest BCUT2D eigenvalue weighted by molar-refractivity contribution is 6.24. The van der Waals surface area contributed by atoms with Crippen LogP contribution in [0.1, 0.15) is 46.0 Å². The van der Waals surface area contributed by atoms with Gasteiger partial charge < -0.3 is 21.4 Å². The van der Waals surface area contributed by atoms with E-state index in [4.69, 9.17) is 10.9 Å². The number of allylic oxidation sites excluding steroid dienone is 1. The lowest BCUT2D eigenvalue weighted by molar-refractivity contribution is -0.122. The van der Waals surface area contributed by atoms with Crippen LogP contribution in [0.15, 0.2) is 53.1 Å². The largest absolute Gasteiger partial charge is 0.507 e. The number of benzene rings is 2. The number of aryl methyl sites for hydroxylation is 2. The fraction of sp³-hybridized carbons (Fsp3) is 0.217. The number of phenolic OH excluding ortho intramolecular Hbond substituents is 1. The molecule has 1 amide bonds. The molecule has 0 saturated carbocycles. The zero-order chi connectivity index (χ0) is 23.1. The second-order valence-electron chi connectivity index (χ2n) is 6.99. The van der Waals surface area contributed by atoms with Gasteiger partial charge in [-0.05, 0) is 60.9 Å². The first kappa shape index (κ1) is 23.3. The molecule has 0 radical (unpaired) electrons. The number of Topliss-reactive ketones (excluding diaryl/α,β-unsaturated/α-hetero) is 1. The normalized spacial score (nSPS) is 11.8. The molecule has 8 heteroatoms. The quantitative estimate of drug-likeness (QED) is 0.128. The van der Waals surface area contributed by atoms with Crippen LogP contribution in [0.5, 0.6) is 5.75 Å². The summed E-state index contributed by atoms with van der Waals surface area (Å²) in [6, 6.07) is 9.38. The van der Waals surface area contributed by atoms with Crippen molar-refractivity contribution in [3.8, 4) is 5.75 Å². The Labute approximate surface area is 180 Å². The van der Waals surface area contributed by atoms with Crippen molar-refractivity contribution in [3.05, 3.63) is 75.9 Å². The molecule has 2 rings (SSSR count). The molecule has 0 bridgehead atoms. The molecule has 5 N–H and O–H groups in total. The molecule has 0 aliphatic carbocycles. The molecule has 0 unspecified atom stereocenters. The van der Waals surface area contributed by atoms with Gasteiger partial charge in [-0.15, -0.1) is 0 Å². The van der Waals surface area contributed by atoms with Crippen LogP contribution < -0.4 is 11.2 Å². The van der Waals surface area contributed by atoms with E-state index in [0.29, 0.717) is 22.3 Å². The minimum atomic E-state index is -1.04. The van der Waals surface area contributed by atoms with E-state index in [2.05, 4.69) is 10.4 Å². The molecule has 0 aliphatic rings. The van der Waals surface area contributed by atoms with E-state index in [0.717, 1.165) is 0 Å². The lowest BCUT2D eigenvalue weighted by Gasteiger charge is -2.11. The molecule has 0 heterocycles. The van der Waals surface area contributed by atoms with Gasteiger partial charge in [-0.3, -0.25) is 9.59 Å². The molecule has 0 aliphatic heterocycles. The second-order valence-corrected chi connectivity index (χ2v) is 6.99. The predicted molar refractivity (Wildman–Crippen MR) is 117 cm³/mol. The summed E-state index contributed by atoms with van der Waals surface area (Å²) in [5.74, 6) is 3.66. The highest BCUT2D eigenvalue weighted by Crippen LogP contribution is 2.23. The number of nitrogens with zero attached hydrogens (tertiary/aromatic N) is 1. The number of nitrogens with two attached hydrogens (primary N) is 1. The zero-order valence-electron chi connectivity index (χ0n) is 17.6. The monoisotopic (exact) mass is 423 g/mol. The number of carbonyl (C=O) groups is 3. The third-order valence-corrected chi connectivity index (χ3v) is 4.73. The van der Waals surface area contributed by atoms with Crippen molar-refractivity contribution in [2.24, 2.45) is 10.9 Å². The van der Waals surface area contributed by atoms with Gasteiger partial charge in [0.05, 0.1) is 16.8 Å². The van der Waals surface area contributed by atoms with E-state index in [1.54, 1.807) is 45.0 Å². The molecular formula is C23H25N3O5. The van der Waals surface area contributed by atoms with Gasteiger partial charge in [0.25, 0.3) is 5.91 Å². The fourth-order valence-electron chi connectivity index (χ4n) is 2.94. The lowest BCUT2D eigenvalue weighted by atomic mass is 9.99. The van der Waals surface area contributed by atoms with Crippen molar-refractivity contribution in [3.63, 3.8) is 0 Å². The van der Waals surface area contributed by atoms with Gasteiger partial charge in [-0.25, -0.2) is 4.79 Å². The number of aromatic carboxylic acids is 1. The molecule has 0 atom stereocenters. The molecular weight excluding hydrogens is 398 g/mol. The number of aromatic hydroxyl groups is 1. The van der Waals surface area contributed by atoms with Crippen molar-refractivity contribution < 1.29 is 24.6 Å². The van der Waals surface area contributed by atoms with E-state index in [1.165, 1.54) is 18.2 Å². The Morgan fingerprint density at radius 1 is 1.06 bits per heavy atom. The number of hydrazone groups is 1. The van der Waals surface area contributed by atoms with Crippen LogP contribution in [0, 0.1) is 13.8 Å². The van der Waals surface area contributed by atoms with Crippen molar-refractivity contribution in [2.75, 3.05) is 0 Å². The molecule has 0 fully saturated rings. The van der Waals surface area contributed by atoms with Crippen LogP contribution in [0.3, 0.4) is 0 Å². The van der Waals surface area contributed by atoms with E-state index in [-0.39, 0.29) is 41.3 Å². The Morgan fingerprint density at radius 3 is 2.13 bits per heavy atom. The minimum absolute atomic E-state index is 0.0998. The molecule has 2 aromatic rings. The van der Waals surface area contributed by atoms with Crippen LogP contribution in [0.2, 0.25) is 0 Å². The van der Waals surface area contributed by atoms with E-state index in [1.807, 2.05) is 0 Å². The van der Waals surface area contributed by atoms with Crippen LogP contribution >= 0.6 is 0 Å². The first-order valence-corrected chi connectivity index (χ1v) is 9.61. The maximum absolute atomic E-state index is 12.7. The number of rotatable bonds is 8. The summed E-state index contributed by atoms with van der Waals surface area (Å²) in [6.07, 6.45) is 1.44. The van der Waals surface area contributed by atoms with Crippen LogP contribution in [0.4, 0.5) is 0 Å². The average Bonchev–Trinajstić information content (AvgIpc) is 2.76. The van der Waals surface area contributed by atoms with E-state index in [9.17, 15) is 19.5 Å². The fourth-order valence-corrected chi connectivity index (χ4v) is 2.94. The van der Waals surface area contributed by atoms with Gasteiger partial charge in [0, 0.05) is 18.5 Å². The number of hydrogen-bond acceptors (Lipinski definition) is 6. The van der Waals surface area contributed by atoms with Crippen molar-refractivity contribution in [2.45, 2.75) is 33.7 Å². The van der Waals surface area contributed by atoms with Gasteiger partial charge in [0.15, 0.2) is 5.78 Å². The number of ketones is 1. The number of carboxylic acids is 1. The van der Waals surface area contributed by atoms with Crippen molar-refractivity contribution >= 4 is 23.4 Å². The molecule has 0 aromatic heterocycles. The standard InChI is InChI=1S/C23H25N3O5/c1-4-20(27)18(11-19(26-24)17-9-13(2)21(28)14(3)10-17)22(29)25-12-15-5-7-16(8-6-15)23(30)31/h5-11,28H,4,12,24H2,1-3H3,(H,25,29)(H,30,31)/b18-11+,26-19+. The Balaban J connectivity index is 2.28. The number of amides is 1. The average molecular weight is 423 g/mol. The molecule has 2 aromatic carbocycles. The number of phenols is 1. The summed E-state index contributed by atoms with van der Waals surface area (Å²) in [6.45, 7) is 5.20.